The first-order chi connectivity index (χ1) is 20.2. The third-order valence-electron chi connectivity index (χ3n) is 9.11. The number of Topliss-reactive ketones (excluding diaryl/α,β-unsaturated/α-hetero) is 1. The van der Waals surface area contributed by atoms with Crippen molar-refractivity contribution in [1.82, 2.24) is 35.3 Å². The molecule has 0 spiro atoms. The molecular weight excluding hydrogens is 534 g/mol. The van der Waals surface area contributed by atoms with E-state index in [2.05, 4.69) is 31.8 Å². The highest BCUT2D eigenvalue weighted by Crippen LogP contribution is 2.59. The summed E-state index contributed by atoms with van der Waals surface area (Å²) in [7, 11) is 1.57. The van der Waals surface area contributed by atoms with Gasteiger partial charge in [0.15, 0.2) is 5.78 Å². The average molecular weight is 572 g/mol. The van der Waals surface area contributed by atoms with E-state index >= 15 is 0 Å². The number of carbonyl (C=O) groups excluding carboxylic acids is 4. The minimum absolute atomic E-state index is 0.0196. The van der Waals surface area contributed by atoms with Crippen molar-refractivity contribution in [2.45, 2.75) is 83.8 Å². The maximum Gasteiger partial charge on any atom is 0.245 e. The van der Waals surface area contributed by atoms with Gasteiger partial charge in [-0.2, -0.15) is 5.10 Å². The molecule has 2 bridgehead atoms. The molecule has 42 heavy (non-hydrogen) atoms. The van der Waals surface area contributed by atoms with Gasteiger partial charge in [-0.15, -0.1) is 0 Å². The summed E-state index contributed by atoms with van der Waals surface area (Å²) < 4.78 is 1.65. The molecule has 2 N–H and O–H groups in total. The van der Waals surface area contributed by atoms with E-state index in [-0.39, 0.29) is 41.5 Å². The van der Waals surface area contributed by atoms with Crippen LogP contribution in [-0.2, 0) is 27.3 Å². The van der Waals surface area contributed by atoms with Gasteiger partial charge in [-0.1, -0.05) is 12.8 Å². The Hall–Kier alpha value is -4.15. The number of aryl methyl sites for hydroxylation is 2. The fourth-order valence-electron chi connectivity index (χ4n) is 6.82. The average Bonchev–Trinajstić information content (AvgIpc) is 3.38. The number of carbonyl (C=O) groups is 4. The van der Waals surface area contributed by atoms with Gasteiger partial charge in [0.1, 0.15) is 18.3 Å². The molecule has 220 valence electrons. The lowest BCUT2D eigenvalue weighted by Crippen LogP contribution is -2.48. The Labute approximate surface area is 244 Å². The summed E-state index contributed by atoms with van der Waals surface area (Å²) in [6, 6.07) is 3.24. The number of rotatable bonds is 3. The summed E-state index contributed by atoms with van der Waals surface area (Å²) in [4.78, 5) is 63.0. The second kappa shape index (κ2) is 10.9. The number of nitrogens with one attached hydrogen (secondary N) is 2. The van der Waals surface area contributed by atoms with E-state index in [9.17, 15) is 19.2 Å². The monoisotopic (exact) mass is 571 g/mol. The van der Waals surface area contributed by atoms with Gasteiger partial charge in [-0.05, 0) is 56.7 Å². The molecular formula is C31H37N7O4. The lowest BCUT2D eigenvalue weighted by atomic mass is 9.97. The Kier molecular flexibility index (Phi) is 7.28. The van der Waals surface area contributed by atoms with Crippen LogP contribution in [0, 0.1) is 12.3 Å². The molecule has 4 heterocycles. The first-order valence-corrected chi connectivity index (χ1v) is 14.8. The van der Waals surface area contributed by atoms with Crippen LogP contribution in [0.15, 0.2) is 24.5 Å². The molecule has 1 saturated carbocycles. The second-order valence-corrected chi connectivity index (χ2v) is 12.0. The van der Waals surface area contributed by atoms with Gasteiger partial charge in [-0.25, -0.2) is 0 Å². The number of hydrogen-bond acceptors (Lipinski definition) is 7. The van der Waals surface area contributed by atoms with Crippen LogP contribution in [0.3, 0.4) is 0 Å². The summed E-state index contributed by atoms with van der Waals surface area (Å²) in [5.74, 6) is -0.601. The summed E-state index contributed by atoms with van der Waals surface area (Å²) in [6.45, 7) is 3.74. The molecule has 11 heteroatoms. The largest absolute Gasteiger partial charge is 0.357 e. The Morgan fingerprint density at radius 2 is 1.83 bits per heavy atom. The van der Waals surface area contributed by atoms with Gasteiger partial charge in [0.05, 0.1) is 23.1 Å². The van der Waals surface area contributed by atoms with Crippen molar-refractivity contribution < 1.29 is 19.2 Å². The van der Waals surface area contributed by atoms with Crippen LogP contribution in [0.4, 0.5) is 0 Å². The molecule has 2 aromatic heterocycles. The van der Waals surface area contributed by atoms with Crippen LogP contribution in [0.1, 0.15) is 73.6 Å². The molecule has 2 aliphatic heterocycles. The zero-order valence-electron chi connectivity index (χ0n) is 24.4. The minimum Gasteiger partial charge on any atom is -0.357 e. The first kappa shape index (κ1) is 28.0. The molecule has 6 rings (SSSR count). The molecule has 3 aliphatic rings. The molecule has 2 fully saturated rings. The van der Waals surface area contributed by atoms with Gasteiger partial charge in [0.25, 0.3) is 0 Å². The van der Waals surface area contributed by atoms with Crippen LogP contribution in [0.5, 0.6) is 0 Å². The van der Waals surface area contributed by atoms with Crippen molar-refractivity contribution >= 4 is 34.4 Å². The van der Waals surface area contributed by atoms with Crippen molar-refractivity contribution in [1.29, 1.82) is 0 Å². The van der Waals surface area contributed by atoms with Crippen molar-refractivity contribution in [2.24, 2.45) is 5.41 Å². The molecule has 3 aromatic rings. The first-order valence-electron chi connectivity index (χ1n) is 14.8. The Balaban J connectivity index is 1.44. The quantitative estimate of drug-likeness (QED) is 0.461. The summed E-state index contributed by atoms with van der Waals surface area (Å²) in [5, 5.41) is 11.1. The predicted molar refractivity (Wildman–Crippen MR) is 155 cm³/mol. The third kappa shape index (κ3) is 5.05. The van der Waals surface area contributed by atoms with Crippen molar-refractivity contribution in [3.05, 3.63) is 41.5 Å². The molecule has 11 nitrogen and oxygen atoms in total. The van der Waals surface area contributed by atoms with Crippen LogP contribution in [-0.4, -0.2) is 73.8 Å². The summed E-state index contributed by atoms with van der Waals surface area (Å²) in [6.07, 6.45) is 9.42. The highest BCUT2D eigenvalue weighted by atomic mass is 16.2. The van der Waals surface area contributed by atoms with Crippen LogP contribution in [0.25, 0.3) is 22.2 Å². The summed E-state index contributed by atoms with van der Waals surface area (Å²) >= 11 is 0. The zero-order chi connectivity index (χ0) is 29.6. The molecule has 3 atom stereocenters. The number of amides is 3. The molecule has 1 aromatic carbocycles. The van der Waals surface area contributed by atoms with Gasteiger partial charge in [0.2, 0.25) is 17.7 Å². The molecule has 1 saturated heterocycles. The predicted octanol–water partition coefficient (Wildman–Crippen LogP) is 2.73. The topological polar surface area (TPSA) is 139 Å². The highest BCUT2D eigenvalue weighted by Gasteiger charge is 2.67. The number of benzene rings is 1. The van der Waals surface area contributed by atoms with Gasteiger partial charge < -0.3 is 15.5 Å². The third-order valence-corrected chi connectivity index (χ3v) is 9.11. The van der Waals surface area contributed by atoms with Crippen LogP contribution >= 0.6 is 0 Å². The van der Waals surface area contributed by atoms with E-state index in [0.29, 0.717) is 42.6 Å². The number of nitrogens with zero attached hydrogens (tertiary/aromatic N) is 5. The number of aromatic nitrogens is 4. The maximum atomic E-state index is 14.0. The normalized spacial score (nSPS) is 24.6. The number of hydrogen-bond donors (Lipinski definition) is 2. The fourth-order valence-corrected chi connectivity index (χ4v) is 6.82. The van der Waals surface area contributed by atoms with E-state index in [4.69, 9.17) is 0 Å². The maximum absolute atomic E-state index is 14.0. The zero-order valence-corrected chi connectivity index (χ0v) is 24.4. The van der Waals surface area contributed by atoms with Crippen molar-refractivity contribution in [3.8, 4) is 11.3 Å². The van der Waals surface area contributed by atoms with E-state index in [1.807, 2.05) is 13.0 Å². The van der Waals surface area contributed by atoms with E-state index in [1.165, 1.54) is 6.92 Å². The van der Waals surface area contributed by atoms with E-state index in [1.54, 1.807) is 29.0 Å². The summed E-state index contributed by atoms with van der Waals surface area (Å²) in [5.41, 5.74) is 4.10. The number of likely N-dealkylation sites (N-methyl/N-ethyl adjacent to an activating group) is 1. The van der Waals surface area contributed by atoms with Crippen molar-refractivity contribution in [2.75, 3.05) is 13.6 Å². The number of ketones is 1. The SMILES string of the molecule is CNC(=O)[C@@H]1C[C@]23CNC(=O)CCCCCCc4cc(-c5cnc(C)cn5)cc5c(C(C)=O)nn(c45)CC(=O)N1[C@@H]2C3. The van der Waals surface area contributed by atoms with Gasteiger partial charge >= 0.3 is 0 Å². The van der Waals surface area contributed by atoms with E-state index < -0.39 is 6.04 Å². The van der Waals surface area contributed by atoms with Crippen LogP contribution < -0.4 is 10.6 Å². The lowest BCUT2D eigenvalue weighted by Gasteiger charge is -2.26. The Morgan fingerprint density at radius 3 is 2.55 bits per heavy atom. The molecule has 3 amide bonds. The molecule has 0 unspecified atom stereocenters. The van der Waals surface area contributed by atoms with Crippen LogP contribution in [0.2, 0.25) is 0 Å². The van der Waals surface area contributed by atoms with Gasteiger partial charge in [-0.3, -0.25) is 33.8 Å². The fraction of sp³-hybridized carbons (Fsp3) is 0.516. The Bertz CT molecular complexity index is 1580. The minimum atomic E-state index is -0.614. The highest BCUT2D eigenvalue weighted by molar-refractivity contribution is 6.07. The van der Waals surface area contributed by atoms with Gasteiger partial charge in [0, 0.05) is 55.5 Å². The standard InChI is InChI=1S/C31H37N7O4/c1-18-14-34-23(15-33-18)21-10-20-8-6-4-5-7-9-26(40)35-17-31-12-24(30(42)32-3)38(25(31)13-31)27(41)16-37-29(20)22(11-21)28(36-37)19(2)39/h10-11,14-15,24-25H,4-9,12-13,16-17H2,1-3H3,(H,32,42)(H,35,40)/t24-,25+,31-/m0/s1. The molecule has 0 radical (unpaired) electrons. The lowest BCUT2D eigenvalue weighted by molar-refractivity contribution is -0.140. The smallest absolute Gasteiger partial charge is 0.245 e. The Morgan fingerprint density at radius 1 is 1.05 bits per heavy atom. The second-order valence-electron chi connectivity index (χ2n) is 12.0. The molecule has 1 aliphatic carbocycles. The van der Waals surface area contributed by atoms with Crippen molar-refractivity contribution in [3.63, 3.8) is 0 Å². The van der Waals surface area contributed by atoms with E-state index in [0.717, 1.165) is 54.4 Å². The number of piperidine rings is 1.